The SMILES string of the molecule is COc1cc2nc(C)nc(N[C@H](C)c3cc(N)cc(C(F)(F)F)c3)c2cc1C1CCC(C(=O)N2CCC(CN3CCC4(CC3)CCN(C(=O)c3ccc(Cl)c(N5CCC(=O)NC5=O)c3)CC4)CC2)CC1. The van der Waals surface area contributed by atoms with Gasteiger partial charge in [0.2, 0.25) is 11.8 Å². The van der Waals surface area contributed by atoms with Crippen molar-refractivity contribution >= 4 is 63.4 Å². The number of anilines is 3. The Hall–Kier alpha value is -5.68. The minimum atomic E-state index is -4.53. The molecule has 1 aromatic heterocycles. The van der Waals surface area contributed by atoms with Crippen LogP contribution in [-0.2, 0) is 15.8 Å². The highest BCUT2D eigenvalue weighted by Gasteiger charge is 2.40. The third-order valence-electron chi connectivity index (χ3n) is 15.8. The van der Waals surface area contributed by atoms with Crippen molar-refractivity contribution in [3.05, 3.63) is 81.6 Å². The number of aryl methyl sites for hydroxylation is 1. The fourth-order valence-electron chi connectivity index (χ4n) is 11.6. The average Bonchev–Trinajstić information content (AvgIpc) is 3.34. The number of piperidine rings is 3. The standard InChI is InChI=1S/C52H63ClF3N9O5/c1-31(37-24-38(52(54,55)56)27-39(57)25-37)58-47-41-28-40(45(70-3)29-43(41)59-32(2)60-47)34-4-6-35(7-5-34)48(67)63-17-10-33(11-18-63)30-62-20-13-51(14-21-62)15-22-64(23-16-51)49(68)36-8-9-42(53)44(26-36)65-19-12-46(66)61-50(65)69/h8-9,24-29,31,33-35H,4-7,10-23,30,57H2,1-3H3,(H,58,59,60)(H,61,66,69)/t31-,34?,35?/m1/s1. The highest BCUT2D eigenvalue weighted by Crippen LogP contribution is 2.45. The molecular formula is C52H63ClF3N9O5. The van der Waals surface area contributed by atoms with Crippen LogP contribution in [0.25, 0.3) is 10.9 Å². The first-order valence-electron chi connectivity index (χ1n) is 24.8. The molecular weight excluding hydrogens is 923 g/mol. The van der Waals surface area contributed by atoms with E-state index in [1.54, 1.807) is 39.2 Å². The summed E-state index contributed by atoms with van der Waals surface area (Å²) in [6.07, 6.45) is 4.98. The lowest BCUT2D eigenvalue weighted by atomic mass is 9.71. The van der Waals surface area contributed by atoms with Gasteiger partial charge in [-0.3, -0.25) is 24.6 Å². The first-order chi connectivity index (χ1) is 33.5. The van der Waals surface area contributed by atoms with E-state index < -0.39 is 23.8 Å². The van der Waals surface area contributed by atoms with E-state index in [9.17, 15) is 32.3 Å². The monoisotopic (exact) mass is 985 g/mol. The number of carbonyl (C=O) groups excluding carboxylic acids is 4. The van der Waals surface area contributed by atoms with Crippen molar-refractivity contribution in [1.29, 1.82) is 0 Å². The highest BCUT2D eigenvalue weighted by atomic mass is 35.5. The van der Waals surface area contributed by atoms with E-state index >= 15 is 0 Å². The Bertz CT molecular complexity index is 2630. The Kier molecular flexibility index (Phi) is 14.2. The normalized spacial score (nSPS) is 22.0. The number of nitrogens with one attached hydrogen (secondary N) is 2. The molecule has 14 nitrogen and oxygen atoms in total. The summed E-state index contributed by atoms with van der Waals surface area (Å²) in [4.78, 5) is 69.2. The van der Waals surface area contributed by atoms with Gasteiger partial charge < -0.3 is 30.5 Å². The fraction of sp³-hybridized carbons (Fsp3) is 0.538. The molecule has 0 radical (unpaired) electrons. The highest BCUT2D eigenvalue weighted by molar-refractivity contribution is 6.34. The summed E-state index contributed by atoms with van der Waals surface area (Å²) >= 11 is 6.44. The first-order valence-corrected chi connectivity index (χ1v) is 25.2. The van der Waals surface area contributed by atoms with Crippen molar-refractivity contribution < 1.29 is 37.1 Å². The molecule has 1 spiro atoms. The molecule has 70 heavy (non-hydrogen) atoms. The van der Waals surface area contributed by atoms with E-state index in [-0.39, 0.29) is 53.6 Å². The Balaban J connectivity index is 0.735. The number of carbonyl (C=O) groups is 4. The molecule has 5 amide bonds. The zero-order chi connectivity index (χ0) is 49.5. The van der Waals surface area contributed by atoms with Gasteiger partial charge in [0.1, 0.15) is 17.4 Å². The number of likely N-dealkylation sites (tertiary alicyclic amines) is 3. The van der Waals surface area contributed by atoms with Crippen LogP contribution >= 0.6 is 11.6 Å². The molecule has 1 aliphatic carbocycles. The van der Waals surface area contributed by atoms with E-state index in [1.165, 1.54) is 11.0 Å². The van der Waals surface area contributed by atoms with Gasteiger partial charge in [0, 0.05) is 74.3 Å². The summed E-state index contributed by atoms with van der Waals surface area (Å²) < 4.78 is 46.8. The van der Waals surface area contributed by atoms with Crippen molar-refractivity contribution in [3.63, 3.8) is 0 Å². The number of benzene rings is 3. The Morgan fingerprint density at radius 3 is 2.27 bits per heavy atom. The number of alkyl halides is 3. The lowest BCUT2D eigenvalue weighted by Gasteiger charge is -2.47. The maximum Gasteiger partial charge on any atom is 0.416 e. The molecule has 5 heterocycles. The number of hydrogen-bond acceptors (Lipinski definition) is 10. The molecule has 374 valence electrons. The number of methoxy groups -OCH3 is 1. The maximum atomic E-state index is 14.0. The predicted molar refractivity (Wildman–Crippen MR) is 263 cm³/mol. The number of nitrogens with two attached hydrogens (primary N) is 1. The Morgan fingerprint density at radius 2 is 1.60 bits per heavy atom. The summed E-state index contributed by atoms with van der Waals surface area (Å²) in [7, 11) is 1.64. The zero-order valence-electron chi connectivity index (χ0n) is 40.2. The summed E-state index contributed by atoms with van der Waals surface area (Å²) in [6.45, 7) is 9.81. The van der Waals surface area contributed by atoms with E-state index in [1.807, 2.05) is 17.0 Å². The number of imide groups is 1. The number of fused-ring (bicyclic) bond motifs is 1. The topological polar surface area (TPSA) is 166 Å². The summed E-state index contributed by atoms with van der Waals surface area (Å²) in [5, 5.41) is 6.75. The minimum Gasteiger partial charge on any atom is -0.496 e. The van der Waals surface area contributed by atoms with Gasteiger partial charge in [0.15, 0.2) is 0 Å². The third kappa shape index (κ3) is 10.7. The number of nitrogen functional groups attached to an aromatic ring is 1. The van der Waals surface area contributed by atoms with Crippen LogP contribution in [0.15, 0.2) is 48.5 Å². The van der Waals surface area contributed by atoms with Crippen LogP contribution < -0.4 is 26.0 Å². The first kappa shape index (κ1) is 49.3. The smallest absolute Gasteiger partial charge is 0.416 e. The molecule has 9 rings (SSSR count). The molecule has 4 aromatic rings. The van der Waals surface area contributed by atoms with Crippen LogP contribution in [0.2, 0.25) is 5.02 Å². The van der Waals surface area contributed by atoms with Crippen molar-refractivity contribution in [1.82, 2.24) is 30.0 Å². The van der Waals surface area contributed by atoms with Gasteiger partial charge in [0.25, 0.3) is 5.91 Å². The van der Waals surface area contributed by atoms with E-state index in [0.29, 0.717) is 63.8 Å². The van der Waals surface area contributed by atoms with Gasteiger partial charge in [-0.1, -0.05) is 11.6 Å². The quantitative estimate of drug-likeness (QED) is 0.130. The largest absolute Gasteiger partial charge is 0.496 e. The number of nitrogens with zero attached hydrogens (tertiary/aromatic N) is 6. The molecule has 5 aliphatic rings. The summed E-state index contributed by atoms with van der Waals surface area (Å²) in [5.74, 6) is 2.26. The van der Waals surface area contributed by atoms with Gasteiger partial charge in [-0.25, -0.2) is 14.8 Å². The second kappa shape index (κ2) is 20.2. The van der Waals surface area contributed by atoms with Crippen LogP contribution in [0.3, 0.4) is 0 Å². The van der Waals surface area contributed by atoms with Crippen molar-refractivity contribution in [2.75, 3.05) is 75.4 Å². The van der Waals surface area contributed by atoms with Gasteiger partial charge in [0.05, 0.1) is 34.9 Å². The molecule has 18 heteroatoms. The van der Waals surface area contributed by atoms with Crippen molar-refractivity contribution in [2.45, 2.75) is 103 Å². The second-order valence-corrected chi connectivity index (χ2v) is 20.7. The van der Waals surface area contributed by atoms with Crippen molar-refractivity contribution in [2.24, 2.45) is 17.3 Å². The molecule has 4 N–H and O–H groups in total. The molecule has 1 atom stereocenters. The number of aromatic nitrogens is 2. The molecule has 4 aliphatic heterocycles. The fourth-order valence-corrected chi connectivity index (χ4v) is 11.8. The second-order valence-electron chi connectivity index (χ2n) is 20.3. The molecule has 0 unspecified atom stereocenters. The van der Waals surface area contributed by atoms with Crippen molar-refractivity contribution in [3.8, 4) is 5.75 Å². The molecule has 0 bridgehead atoms. The average molecular weight is 987 g/mol. The zero-order valence-corrected chi connectivity index (χ0v) is 40.9. The number of amides is 5. The number of urea groups is 1. The van der Waals surface area contributed by atoms with Gasteiger partial charge in [-0.15, -0.1) is 0 Å². The van der Waals surface area contributed by atoms with Crippen LogP contribution in [0.4, 0.5) is 35.2 Å². The van der Waals surface area contributed by atoms with Gasteiger partial charge in [-0.05, 0) is 162 Å². The molecule has 5 fully saturated rings. The number of halogens is 4. The van der Waals surface area contributed by atoms with Crippen LogP contribution in [0, 0.1) is 24.2 Å². The lowest BCUT2D eigenvalue weighted by molar-refractivity contribution is -0.138. The summed E-state index contributed by atoms with van der Waals surface area (Å²) in [6, 6.07) is 11.5. The molecule has 4 saturated heterocycles. The van der Waals surface area contributed by atoms with E-state index in [2.05, 4.69) is 30.4 Å². The number of hydrogen-bond donors (Lipinski definition) is 3. The molecule has 3 aromatic carbocycles. The third-order valence-corrected chi connectivity index (χ3v) is 16.2. The van der Waals surface area contributed by atoms with Gasteiger partial charge >= 0.3 is 12.2 Å². The van der Waals surface area contributed by atoms with E-state index in [4.69, 9.17) is 22.1 Å². The number of rotatable bonds is 10. The van der Waals surface area contributed by atoms with Crippen LogP contribution in [0.5, 0.6) is 5.75 Å². The summed E-state index contributed by atoms with van der Waals surface area (Å²) in [5.41, 5.74) is 8.31. The minimum absolute atomic E-state index is 0.0253. The Morgan fingerprint density at radius 1 is 0.900 bits per heavy atom. The maximum absolute atomic E-state index is 14.0. The predicted octanol–water partition coefficient (Wildman–Crippen LogP) is 9.35. The van der Waals surface area contributed by atoms with Crippen LogP contribution in [0.1, 0.15) is 122 Å². The molecule has 1 saturated carbocycles. The van der Waals surface area contributed by atoms with E-state index in [0.717, 1.165) is 120 Å². The van der Waals surface area contributed by atoms with Crippen LogP contribution in [-0.4, -0.2) is 108 Å². The Labute approximate surface area is 411 Å². The van der Waals surface area contributed by atoms with Gasteiger partial charge in [-0.2, -0.15) is 13.2 Å². The lowest BCUT2D eigenvalue weighted by Crippen LogP contribution is -2.50. The number of ether oxygens (including phenoxy) is 1.